The fourth-order valence-corrected chi connectivity index (χ4v) is 3.78. The van der Waals surface area contributed by atoms with Crippen molar-refractivity contribution in [3.8, 4) is 22.5 Å². The summed E-state index contributed by atoms with van der Waals surface area (Å²) in [5.74, 6) is 0. The molecule has 3 aromatic carbocycles. The third kappa shape index (κ3) is 2.86. The number of rotatable bonds is 2. The van der Waals surface area contributed by atoms with Crippen LogP contribution < -0.4 is 0 Å². The standard InChI is InChI=1S/C26H16N4/c1-2-4-24-23(3-1)28-16-26(30-24)20-8-6-18-9-10-22(29-25(18)14-20)19-7-5-17-11-12-27-15-21(17)13-19/h1-16H. The van der Waals surface area contributed by atoms with E-state index in [1.165, 1.54) is 5.39 Å². The van der Waals surface area contributed by atoms with Crippen molar-refractivity contribution < 1.29 is 0 Å². The Bertz CT molecular complexity index is 1440. The molecule has 4 nitrogen and oxygen atoms in total. The molecule has 0 aliphatic heterocycles. The van der Waals surface area contributed by atoms with Crippen LogP contribution in [0.1, 0.15) is 0 Å². The summed E-state index contributed by atoms with van der Waals surface area (Å²) in [6.07, 6.45) is 5.52. The monoisotopic (exact) mass is 384 g/mol. The molecule has 0 unspecified atom stereocenters. The van der Waals surface area contributed by atoms with Crippen molar-refractivity contribution in [2.75, 3.05) is 0 Å². The maximum atomic E-state index is 4.93. The van der Waals surface area contributed by atoms with E-state index in [9.17, 15) is 0 Å². The van der Waals surface area contributed by atoms with Gasteiger partial charge in [-0.1, -0.05) is 42.5 Å². The molecule has 0 bridgehead atoms. The first-order valence-electron chi connectivity index (χ1n) is 9.81. The van der Waals surface area contributed by atoms with Gasteiger partial charge >= 0.3 is 0 Å². The summed E-state index contributed by atoms with van der Waals surface area (Å²) in [5.41, 5.74) is 6.59. The van der Waals surface area contributed by atoms with Gasteiger partial charge < -0.3 is 0 Å². The van der Waals surface area contributed by atoms with Crippen LogP contribution in [0.5, 0.6) is 0 Å². The summed E-state index contributed by atoms with van der Waals surface area (Å²) < 4.78 is 0. The van der Waals surface area contributed by atoms with Crippen molar-refractivity contribution in [3.63, 3.8) is 0 Å². The summed E-state index contributed by atoms with van der Waals surface area (Å²) in [6.45, 7) is 0. The van der Waals surface area contributed by atoms with Crippen LogP contribution in [0.3, 0.4) is 0 Å². The number of fused-ring (bicyclic) bond motifs is 3. The molecule has 3 heterocycles. The lowest BCUT2D eigenvalue weighted by Gasteiger charge is -2.07. The van der Waals surface area contributed by atoms with Crippen LogP contribution in [-0.4, -0.2) is 19.9 Å². The van der Waals surface area contributed by atoms with Gasteiger partial charge in [-0.25, -0.2) is 9.97 Å². The van der Waals surface area contributed by atoms with E-state index in [0.717, 1.165) is 49.8 Å². The lowest BCUT2D eigenvalue weighted by Crippen LogP contribution is -1.90. The Labute approximate surface area is 172 Å². The van der Waals surface area contributed by atoms with Gasteiger partial charge in [0.1, 0.15) is 0 Å². The van der Waals surface area contributed by atoms with Crippen LogP contribution in [0.25, 0.3) is 55.2 Å². The maximum absolute atomic E-state index is 4.93. The molecule has 4 heteroatoms. The zero-order valence-electron chi connectivity index (χ0n) is 16.0. The number of nitrogens with zero attached hydrogens (tertiary/aromatic N) is 4. The van der Waals surface area contributed by atoms with Gasteiger partial charge in [0.15, 0.2) is 0 Å². The van der Waals surface area contributed by atoms with E-state index in [1.807, 2.05) is 48.9 Å². The van der Waals surface area contributed by atoms with E-state index >= 15 is 0 Å². The molecular formula is C26H16N4. The lowest BCUT2D eigenvalue weighted by atomic mass is 10.0. The Morgan fingerprint density at radius 1 is 0.500 bits per heavy atom. The summed E-state index contributed by atoms with van der Waals surface area (Å²) in [4.78, 5) is 18.5. The minimum Gasteiger partial charge on any atom is -0.264 e. The molecule has 0 atom stereocenters. The molecule has 3 aromatic heterocycles. The van der Waals surface area contributed by atoms with Gasteiger partial charge in [-0.05, 0) is 41.8 Å². The van der Waals surface area contributed by atoms with Gasteiger partial charge in [0.25, 0.3) is 0 Å². The largest absolute Gasteiger partial charge is 0.264 e. The quantitative estimate of drug-likeness (QED) is 0.364. The summed E-state index contributed by atoms with van der Waals surface area (Å²) in [6, 6.07) is 26.7. The Kier molecular flexibility index (Phi) is 3.74. The maximum Gasteiger partial charge on any atom is 0.0894 e. The topological polar surface area (TPSA) is 51.6 Å². The number of benzene rings is 3. The number of aromatic nitrogens is 4. The summed E-state index contributed by atoms with van der Waals surface area (Å²) >= 11 is 0. The predicted molar refractivity (Wildman–Crippen MR) is 121 cm³/mol. The second kappa shape index (κ2) is 6.71. The Morgan fingerprint density at radius 3 is 2.20 bits per heavy atom. The van der Waals surface area contributed by atoms with Crippen LogP contribution in [0.4, 0.5) is 0 Å². The molecule has 0 aliphatic rings. The van der Waals surface area contributed by atoms with E-state index in [1.54, 1.807) is 0 Å². The molecule has 0 spiro atoms. The summed E-state index contributed by atoms with van der Waals surface area (Å²) in [5, 5.41) is 3.38. The minimum atomic E-state index is 0.847. The van der Waals surface area contributed by atoms with E-state index < -0.39 is 0 Å². The van der Waals surface area contributed by atoms with Gasteiger partial charge in [-0.3, -0.25) is 9.97 Å². The fourth-order valence-electron chi connectivity index (χ4n) is 3.78. The van der Waals surface area contributed by atoms with Crippen molar-refractivity contribution in [1.82, 2.24) is 19.9 Å². The third-order valence-corrected chi connectivity index (χ3v) is 5.37. The van der Waals surface area contributed by atoms with Crippen LogP contribution in [0, 0.1) is 0 Å². The lowest BCUT2D eigenvalue weighted by molar-refractivity contribution is 1.29. The van der Waals surface area contributed by atoms with E-state index in [2.05, 4.69) is 58.5 Å². The SMILES string of the molecule is c1ccc2nc(-c3ccc4ccc(-c5ccc6ccncc6c5)nc4c3)cnc2c1. The summed E-state index contributed by atoms with van der Waals surface area (Å²) in [7, 11) is 0. The molecule has 0 fully saturated rings. The van der Waals surface area contributed by atoms with Crippen LogP contribution in [-0.2, 0) is 0 Å². The third-order valence-electron chi connectivity index (χ3n) is 5.37. The van der Waals surface area contributed by atoms with E-state index in [4.69, 9.17) is 9.97 Å². The Morgan fingerprint density at radius 2 is 1.27 bits per heavy atom. The van der Waals surface area contributed by atoms with Gasteiger partial charge in [-0.15, -0.1) is 0 Å². The molecule has 140 valence electrons. The minimum absolute atomic E-state index is 0.847. The first kappa shape index (κ1) is 16.7. The van der Waals surface area contributed by atoms with Gasteiger partial charge in [0, 0.05) is 34.3 Å². The Hall–Kier alpha value is -4.18. The van der Waals surface area contributed by atoms with Crippen molar-refractivity contribution >= 4 is 32.7 Å². The van der Waals surface area contributed by atoms with Gasteiger partial charge in [0.2, 0.25) is 0 Å². The fraction of sp³-hybridized carbons (Fsp3) is 0. The van der Waals surface area contributed by atoms with E-state index in [-0.39, 0.29) is 0 Å². The van der Waals surface area contributed by atoms with Crippen LogP contribution in [0.2, 0.25) is 0 Å². The molecule has 0 amide bonds. The van der Waals surface area contributed by atoms with Crippen molar-refractivity contribution in [2.24, 2.45) is 0 Å². The Balaban J connectivity index is 1.46. The van der Waals surface area contributed by atoms with Crippen molar-refractivity contribution in [2.45, 2.75) is 0 Å². The molecule has 30 heavy (non-hydrogen) atoms. The molecule has 0 aliphatic carbocycles. The molecule has 0 radical (unpaired) electrons. The predicted octanol–water partition coefficient (Wildman–Crippen LogP) is 6.06. The highest BCUT2D eigenvalue weighted by Gasteiger charge is 2.07. The molecule has 0 saturated heterocycles. The molecule has 0 saturated carbocycles. The van der Waals surface area contributed by atoms with E-state index in [0.29, 0.717) is 0 Å². The normalized spacial score (nSPS) is 11.3. The smallest absolute Gasteiger partial charge is 0.0894 e. The number of para-hydroxylation sites is 2. The molecule has 6 aromatic rings. The number of pyridine rings is 2. The molecule has 0 N–H and O–H groups in total. The first-order valence-corrected chi connectivity index (χ1v) is 9.81. The zero-order valence-corrected chi connectivity index (χ0v) is 16.0. The van der Waals surface area contributed by atoms with Crippen LogP contribution in [0.15, 0.2) is 97.5 Å². The number of hydrogen-bond acceptors (Lipinski definition) is 4. The van der Waals surface area contributed by atoms with Crippen molar-refractivity contribution in [3.05, 3.63) is 97.5 Å². The zero-order chi connectivity index (χ0) is 19.9. The first-order chi connectivity index (χ1) is 14.8. The average Bonchev–Trinajstić information content (AvgIpc) is 2.82. The molecule has 6 rings (SSSR count). The van der Waals surface area contributed by atoms with Crippen molar-refractivity contribution in [1.29, 1.82) is 0 Å². The molecular weight excluding hydrogens is 368 g/mol. The van der Waals surface area contributed by atoms with Crippen LogP contribution >= 0.6 is 0 Å². The number of hydrogen-bond donors (Lipinski definition) is 0. The second-order valence-electron chi connectivity index (χ2n) is 7.29. The highest BCUT2D eigenvalue weighted by molar-refractivity contribution is 5.89. The second-order valence-corrected chi connectivity index (χ2v) is 7.29. The van der Waals surface area contributed by atoms with Gasteiger partial charge in [-0.2, -0.15) is 0 Å². The van der Waals surface area contributed by atoms with Gasteiger partial charge in [0.05, 0.1) is 34.1 Å². The average molecular weight is 384 g/mol. The highest BCUT2D eigenvalue weighted by atomic mass is 14.8. The highest BCUT2D eigenvalue weighted by Crippen LogP contribution is 2.27.